The molecule has 2 aliphatic carbocycles. The highest BCUT2D eigenvalue weighted by Gasteiger charge is 2.41. The van der Waals surface area contributed by atoms with E-state index >= 15 is 0 Å². The third-order valence-electron chi connectivity index (χ3n) is 8.89. The van der Waals surface area contributed by atoms with Gasteiger partial charge in [-0.05, 0) is 84.9 Å². The van der Waals surface area contributed by atoms with Crippen LogP contribution in [0.25, 0.3) is 16.5 Å². The SMILES string of the molecule is CC.CC/C=C1/NC2(CCN(Cc3cc(C4CCC4)c4ccnc(C5CC5)c4c3)CC2)Oc2ccc(Br)cc21. The Balaban J connectivity index is 0.00000135. The maximum atomic E-state index is 6.66. The van der Waals surface area contributed by atoms with Gasteiger partial charge in [-0.1, -0.05) is 55.3 Å². The largest absolute Gasteiger partial charge is 0.467 e. The molecule has 0 bridgehead atoms. The van der Waals surface area contributed by atoms with Crippen molar-refractivity contribution in [3.8, 4) is 5.75 Å². The van der Waals surface area contributed by atoms with Crippen molar-refractivity contribution in [3.63, 3.8) is 0 Å². The molecule has 0 unspecified atom stereocenters. The molecule has 0 atom stereocenters. The molecule has 4 nitrogen and oxygen atoms in total. The van der Waals surface area contributed by atoms with Crippen LogP contribution < -0.4 is 10.1 Å². The summed E-state index contributed by atoms with van der Waals surface area (Å²) in [6, 6.07) is 13.6. The summed E-state index contributed by atoms with van der Waals surface area (Å²) < 4.78 is 7.75. The lowest BCUT2D eigenvalue weighted by Gasteiger charge is -2.46. The zero-order valence-electron chi connectivity index (χ0n) is 23.7. The molecule has 1 spiro atoms. The van der Waals surface area contributed by atoms with Crippen LogP contribution in [0.15, 0.2) is 53.1 Å². The Kier molecular flexibility index (Phi) is 7.74. The van der Waals surface area contributed by atoms with Gasteiger partial charge in [0, 0.05) is 65.7 Å². The van der Waals surface area contributed by atoms with Gasteiger partial charge in [0.1, 0.15) is 5.75 Å². The second-order valence-corrected chi connectivity index (χ2v) is 12.5. The van der Waals surface area contributed by atoms with Crippen molar-refractivity contribution in [1.82, 2.24) is 15.2 Å². The number of benzene rings is 2. The van der Waals surface area contributed by atoms with Crippen molar-refractivity contribution >= 4 is 32.4 Å². The lowest BCUT2D eigenvalue weighted by atomic mass is 9.77. The fraction of sp³-hybridized carbons (Fsp3) is 0.500. The number of hydrogen-bond donors (Lipinski definition) is 1. The first-order valence-electron chi connectivity index (χ1n) is 15.2. The van der Waals surface area contributed by atoms with Crippen molar-refractivity contribution in [2.75, 3.05) is 13.1 Å². The minimum absolute atomic E-state index is 0.318. The normalized spacial score (nSPS) is 21.5. The molecule has 2 aliphatic heterocycles. The smallest absolute Gasteiger partial charge is 0.183 e. The van der Waals surface area contributed by atoms with E-state index in [-0.39, 0.29) is 5.72 Å². The maximum Gasteiger partial charge on any atom is 0.183 e. The van der Waals surface area contributed by atoms with E-state index in [0.29, 0.717) is 5.92 Å². The van der Waals surface area contributed by atoms with Gasteiger partial charge in [-0.15, -0.1) is 0 Å². The first kappa shape index (κ1) is 26.8. The van der Waals surface area contributed by atoms with Gasteiger partial charge in [0.25, 0.3) is 0 Å². The number of pyridine rings is 1. The number of halogens is 1. The summed E-state index contributed by atoms with van der Waals surface area (Å²) in [7, 11) is 0. The van der Waals surface area contributed by atoms with Crippen LogP contribution in [0.5, 0.6) is 5.75 Å². The fourth-order valence-corrected chi connectivity index (χ4v) is 6.86. The van der Waals surface area contributed by atoms with E-state index in [4.69, 9.17) is 9.72 Å². The summed E-state index contributed by atoms with van der Waals surface area (Å²) in [4.78, 5) is 7.48. The zero-order valence-corrected chi connectivity index (χ0v) is 25.3. The fourth-order valence-electron chi connectivity index (χ4n) is 6.50. The van der Waals surface area contributed by atoms with E-state index < -0.39 is 0 Å². The van der Waals surface area contributed by atoms with E-state index in [1.54, 1.807) is 5.56 Å². The summed E-state index contributed by atoms with van der Waals surface area (Å²) in [5.74, 6) is 2.39. The average molecular weight is 589 g/mol. The molecule has 2 aromatic carbocycles. The monoisotopic (exact) mass is 587 g/mol. The molecule has 3 fully saturated rings. The second kappa shape index (κ2) is 11.2. The second-order valence-electron chi connectivity index (χ2n) is 11.5. The highest BCUT2D eigenvalue weighted by atomic mass is 79.9. The number of likely N-dealkylation sites (tertiary alicyclic amines) is 1. The summed E-state index contributed by atoms with van der Waals surface area (Å²) in [5.41, 5.74) is 6.42. The molecule has 5 heteroatoms. The topological polar surface area (TPSA) is 37.4 Å². The van der Waals surface area contributed by atoms with Crippen LogP contribution in [0.1, 0.15) is 106 Å². The Hall–Kier alpha value is -2.37. The van der Waals surface area contributed by atoms with Crippen molar-refractivity contribution in [2.24, 2.45) is 0 Å². The predicted molar refractivity (Wildman–Crippen MR) is 165 cm³/mol. The van der Waals surface area contributed by atoms with Gasteiger partial charge >= 0.3 is 0 Å². The molecule has 206 valence electrons. The van der Waals surface area contributed by atoms with Gasteiger partial charge in [0.15, 0.2) is 5.72 Å². The van der Waals surface area contributed by atoms with Crippen LogP contribution >= 0.6 is 15.9 Å². The third-order valence-corrected chi connectivity index (χ3v) is 9.38. The Morgan fingerprint density at radius 1 is 1.03 bits per heavy atom. The minimum atomic E-state index is -0.318. The molecule has 1 aromatic heterocycles. The lowest BCUT2D eigenvalue weighted by molar-refractivity contribution is -0.0206. The Morgan fingerprint density at radius 3 is 2.51 bits per heavy atom. The Bertz CT molecular complexity index is 1370. The molecule has 39 heavy (non-hydrogen) atoms. The zero-order chi connectivity index (χ0) is 27.0. The molecule has 3 heterocycles. The summed E-state index contributed by atoms with van der Waals surface area (Å²) in [5, 5.41) is 6.70. The number of nitrogens with one attached hydrogen (secondary N) is 1. The number of piperidine rings is 1. The van der Waals surface area contributed by atoms with Crippen LogP contribution in [0, 0.1) is 0 Å². The van der Waals surface area contributed by atoms with Crippen LogP contribution in [0.2, 0.25) is 0 Å². The van der Waals surface area contributed by atoms with Crippen LogP contribution in [-0.2, 0) is 6.54 Å². The number of fused-ring (bicyclic) bond motifs is 2. The number of allylic oxidation sites excluding steroid dienone is 1. The quantitative estimate of drug-likeness (QED) is 0.323. The van der Waals surface area contributed by atoms with Crippen LogP contribution in [0.3, 0.4) is 0 Å². The van der Waals surface area contributed by atoms with Gasteiger partial charge in [0.2, 0.25) is 0 Å². The predicted octanol–water partition coefficient (Wildman–Crippen LogP) is 8.89. The number of aromatic nitrogens is 1. The first-order chi connectivity index (χ1) is 19.1. The molecule has 4 aliphatic rings. The summed E-state index contributed by atoms with van der Waals surface area (Å²) in [6.45, 7) is 9.25. The minimum Gasteiger partial charge on any atom is -0.467 e. The van der Waals surface area contributed by atoms with E-state index in [2.05, 4.69) is 81.7 Å². The number of nitrogens with zero attached hydrogens (tertiary/aromatic N) is 2. The van der Waals surface area contributed by atoms with Crippen molar-refractivity contribution in [3.05, 3.63) is 75.5 Å². The average Bonchev–Trinajstić information content (AvgIpc) is 3.76. The van der Waals surface area contributed by atoms with E-state index in [1.807, 2.05) is 13.8 Å². The molecule has 1 N–H and O–H groups in total. The van der Waals surface area contributed by atoms with Crippen molar-refractivity contribution in [2.45, 2.75) is 96.2 Å². The Morgan fingerprint density at radius 2 is 1.82 bits per heavy atom. The highest BCUT2D eigenvalue weighted by Crippen LogP contribution is 2.46. The Labute approximate surface area is 242 Å². The summed E-state index contributed by atoms with van der Waals surface area (Å²) in [6.07, 6.45) is 13.9. The van der Waals surface area contributed by atoms with Gasteiger partial charge in [-0.25, -0.2) is 0 Å². The standard InChI is InChI=1S/C32H36BrN3O.C2H6/c1-2-4-29-28-19-24(33)9-10-30(28)37-32(35-29)12-15-36(16-13-32)20-21-17-26(22-5-3-6-22)25-11-14-34-31(23-7-8-23)27(25)18-21;1-2/h4,9-11,14,17-19,22-23,35H,2-3,5-8,12-13,15-16,20H2,1H3;1-2H3/b29-4+;. The molecule has 0 radical (unpaired) electrons. The van der Waals surface area contributed by atoms with E-state index in [0.717, 1.165) is 60.6 Å². The summed E-state index contributed by atoms with van der Waals surface area (Å²) >= 11 is 3.63. The molecular weight excluding hydrogens is 546 g/mol. The molecule has 7 rings (SSSR count). The van der Waals surface area contributed by atoms with E-state index in [1.165, 1.54) is 59.8 Å². The molecule has 0 amide bonds. The van der Waals surface area contributed by atoms with Crippen molar-refractivity contribution in [1.29, 1.82) is 0 Å². The third kappa shape index (κ3) is 5.37. The van der Waals surface area contributed by atoms with Gasteiger partial charge in [-0.3, -0.25) is 9.88 Å². The number of rotatable bonds is 5. The van der Waals surface area contributed by atoms with Gasteiger partial charge < -0.3 is 10.1 Å². The molecule has 2 saturated carbocycles. The number of ether oxygens (including phenoxy) is 1. The number of hydrogen-bond acceptors (Lipinski definition) is 4. The van der Waals surface area contributed by atoms with Crippen molar-refractivity contribution < 1.29 is 4.74 Å². The van der Waals surface area contributed by atoms with E-state index in [9.17, 15) is 0 Å². The van der Waals surface area contributed by atoms with Gasteiger partial charge in [0.05, 0.1) is 5.69 Å². The van der Waals surface area contributed by atoms with Gasteiger partial charge in [-0.2, -0.15) is 0 Å². The maximum absolute atomic E-state index is 6.66. The van der Waals surface area contributed by atoms with Crippen LogP contribution in [-0.4, -0.2) is 28.7 Å². The lowest BCUT2D eigenvalue weighted by Crippen LogP contribution is -2.58. The molecule has 1 saturated heterocycles. The highest BCUT2D eigenvalue weighted by molar-refractivity contribution is 9.10. The molecular formula is C34H42BrN3O. The van der Waals surface area contributed by atoms with Crippen LogP contribution in [0.4, 0.5) is 0 Å². The first-order valence-corrected chi connectivity index (χ1v) is 16.0. The molecule has 3 aromatic rings.